The molecular formula is C13H13N3O4. The summed E-state index contributed by atoms with van der Waals surface area (Å²) in [7, 11) is 1.61. The summed E-state index contributed by atoms with van der Waals surface area (Å²) in [5.41, 5.74) is 1.44. The molecular weight excluding hydrogens is 262 g/mol. The highest BCUT2D eigenvalue weighted by atomic mass is 16.6. The van der Waals surface area contributed by atoms with Crippen LogP contribution in [0.25, 0.3) is 0 Å². The Morgan fingerprint density at radius 2 is 2.10 bits per heavy atom. The van der Waals surface area contributed by atoms with Crippen LogP contribution in [0.15, 0.2) is 18.2 Å². The van der Waals surface area contributed by atoms with Crippen LogP contribution < -0.4 is 4.74 Å². The molecule has 0 aliphatic rings. The molecule has 0 N–H and O–H groups in total. The number of nitrogens with zero attached hydrogens (tertiary/aromatic N) is 3. The van der Waals surface area contributed by atoms with Crippen molar-refractivity contribution in [2.45, 2.75) is 13.8 Å². The van der Waals surface area contributed by atoms with E-state index in [0.29, 0.717) is 12.0 Å². The van der Waals surface area contributed by atoms with Crippen LogP contribution >= 0.6 is 0 Å². The fraction of sp³-hybridized carbons (Fsp3) is 0.231. The molecule has 0 fully saturated rings. The number of aryl methyl sites for hydroxylation is 3. The third kappa shape index (κ3) is 2.37. The number of carbonyl (C=O) groups is 1. The van der Waals surface area contributed by atoms with E-state index in [1.54, 1.807) is 33.0 Å². The predicted octanol–water partition coefficient (Wildman–Crippen LogP) is 2.55. The summed E-state index contributed by atoms with van der Waals surface area (Å²) < 4.78 is 6.93. The lowest BCUT2D eigenvalue weighted by molar-refractivity contribution is -0.385. The van der Waals surface area contributed by atoms with Crippen LogP contribution in [0.5, 0.6) is 11.6 Å². The Kier molecular flexibility index (Phi) is 3.51. The van der Waals surface area contributed by atoms with Crippen molar-refractivity contribution in [1.29, 1.82) is 0 Å². The Morgan fingerprint density at radius 1 is 1.40 bits per heavy atom. The lowest BCUT2D eigenvalue weighted by Crippen LogP contribution is -1.99. The van der Waals surface area contributed by atoms with Gasteiger partial charge in [-0.15, -0.1) is 0 Å². The number of ether oxygens (including phenoxy) is 1. The zero-order chi connectivity index (χ0) is 14.9. The van der Waals surface area contributed by atoms with Gasteiger partial charge in [-0.05, 0) is 25.5 Å². The van der Waals surface area contributed by atoms with Crippen LogP contribution in [-0.2, 0) is 7.05 Å². The first-order valence-electron chi connectivity index (χ1n) is 5.85. The van der Waals surface area contributed by atoms with Gasteiger partial charge in [0.1, 0.15) is 0 Å². The quantitative estimate of drug-likeness (QED) is 0.486. The van der Waals surface area contributed by atoms with E-state index < -0.39 is 4.92 Å². The average Bonchev–Trinajstić information content (AvgIpc) is 2.63. The first-order chi connectivity index (χ1) is 9.43. The highest BCUT2D eigenvalue weighted by Gasteiger charge is 2.20. The number of benzene rings is 1. The summed E-state index contributed by atoms with van der Waals surface area (Å²) in [6.07, 6.45) is 0.624. The minimum Gasteiger partial charge on any atom is -0.431 e. The van der Waals surface area contributed by atoms with Crippen molar-refractivity contribution in [3.63, 3.8) is 0 Å². The molecule has 2 aromatic rings. The lowest BCUT2D eigenvalue weighted by atomic mass is 10.2. The first-order valence-corrected chi connectivity index (χ1v) is 5.85. The zero-order valence-corrected chi connectivity index (χ0v) is 11.3. The second-order valence-electron chi connectivity index (χ2n) is 4.38. The molecule has 0 saturated carbocycles. The Morgan fingerprint density at radius 3 is 2.70 bits per heavy atom. The number of aromatic nitrogens is 2. The van der Waals surface area contributed by atoms with Crippen molar-refractivity contribution in [2.75, 3.05) is 0 Å². The summed E-state index contributed by atoms with van der Waals surface area (Å²) in [6.45, 7) is 3.47. The van der Waals surface area contributed by atoms with Crippen molar-refractivity contribution in [3.05, 3.63) is 45.1 Å². The van der Waals surface area contributed by atoms with Gasteiger partial charge in [-0.2, -0.15) is 5.10 Å². The molecule has 0 saturated heterocycles. The Balaban J connectivity index is 2.52. The molecule has 2 rings (SSSR count). The van der Waals surface area contributed by atoms with E-state index in [4.69, 9.17) is 4.74 Å². The summed E-state index contributed by atoms with van der Waals surface area (Å²) >= 11 is 0. The Hall–Kier alpha value is -2.70. The van der Waals surface area contributed by atoms with Crippen molar-refractivity contribution in [1.82, 2.24) is 9.78 Å². The van der Waals surface area contributed by atoms with Crippen molar-refractivity contribution >= 4 is 12.0 Å². The number of carbonyl (C=O) groups excluding carboxylic acids is 1. The predicted molar refractivity (Wildman–Crippen MR) is 71.2 cm³/mol. The summed E-state index contributed by atoms with van der Waals surface area (Å²) in [4.78, 5) is 21.5. The number of aldehydes is 1. The Labute approximate surface area is 114 Å². The van der Waals surface area contributed by atoms with Gasteiger partial charge in [0, 0.05) is 13.1 Å². The zero-order valence-electron chi connectivity index (χ0n) is 11.3. The van der Waals surface area contributed by atoms with E-state index in [0.717, 1.165) is 5.56 Å². The number of nitro benzene ring substituents is 1. The van der Waals surface area contributed by atoms with E-state index >= 15 is 0 Å². The van der Waals surface area contributed by atoms with Crippen LogP contribution in [0.2, 0.25) is 0 Å². The van der Waals surface area contributed by atoms with E-state index in [1.165, 1.54) is 10.7 Å². The van der Waals surface area contributed by atoms with E-state index in [-0.39, 0.29) is 22.9 Å². The lowest BCUT2D eigenvalue weighted by Gasteiger charge is -2.07. The molecule has 1 heterocycles. The summed E-state index contributed by atoms with van der Waals surface area (Å²) in [5, 5.41) is 15.1. The molecule has 7 nitrogen and oxygen atoms in total. The maximum atomic E-state index is 11.1. The van der Waals surface area contributed by atoms with E-state index in [1.807, 2.05) is 0 Å². The number of rotatable bonds is 4. The fourth-order valence-electron chi connectivity index (χ4n) is 1.87. The molecule has 7 heteroatoms. The van der Waals surface area contributed by atoms with Crippen LogP contribution in [0, 0.1) is 24.0 Å². The largest absolute Gasteiger partial charge is 0.431 e. The molecule has 0 bridgehead atoms. The summed E-state index contributed by atoms with van der Waals surface area (Å²) in [6, 6.07) is 4.55. The van der Waals surface area contributed by atoms with Gasteiger partial charge in [-0.1, -0.05) is 6.07 Å². The summed E-state index contributed by atoms with van der Waals surface area (Å²) in [5.74, 6) is 0.271. The molecule has 0 aliphatic heterocycles. The highest BCUT2D eigenvalue weighted by Crippen LogP contribution is 2.33. The minimum absolute atomic E-state index is 0.0844. The van der Waals surface area contributed by atoms with E-state index in [9.17, 15) is 14.9 Å². The topological polar surface area (TPSA) is 87.3 Å². The van der Waals surface area contributed by atoms with Crippen molar-refractivity contribution in [3.8, 4) is 11.6 Å². The molecule has 0 amide bonds. The minimum atomic E-state index is -0.529. The fourth-order valence-corrected chi connectivity index (χ4v) is 1.87. The van der Waals surface area contributed by atoms with Crippen LogP contribution in [0.3, 0.4) is 0 Å². The smallest absolute Gasteiger partial charge is 0.311 e. The molecule has 104 valence electrons. The average molecular weight is 275 g/mol. The first kappa shape index (κ1) is 13.7. The Bertz CT molecular complexity index is 691. The monoisotopic (exact) mass is 275 g/mol. The molecule has 0 unspecified atom stereocenters. The van der Waals surface area contributed by atoms with Crippen LogP contribution in [0.4, 0.5) is 5.69 Å². The third-order valence-corrected chi connectivity index (χ3v) is 2.85. The second-order valence-corrected chi connectivity index (χ2v) is 4.38. The van der Waals surface area contributed by atoms with Crippen molar-refractivity contribution in [2.24, 2.45) is 7.05 Å². The molecule has 0 spiro atoms. The van der Waals surface area contributed by atoms with Gasteiger partial charge >= 0.3 is 5.69 Å². The van der Waals surface area contributed by atoms with Crippen LogP contribution in [0.1, 0.15) is 21.6 Å². The van der Waals surface area contributed by atoms with E-state index in [2.05, 4.69) is 5.10 Å². The molecule has 20 heavy (non-hydrogen) atoms. The number of hydrogen-bond acceptors (Lipinski definition) is 5. The molecule has 0 aliphatic carbocycles. The molecule has 0 atom stereocenters. The SMILES string of the molecule is Cc1ccc([N+](=O)[O-])c(Oc2c(C=O)c(C)nn2C)c1. The van der Waals surface area contributed by atoms with Gasteiger partial charge in [0.2, 0.25) is 11.6 Å². The van der Waals surface area contributed by atoms with Gasteiger partial charge < -0.3 is 4.74 Å². The molecule has 1 aromatic carbocycles. The van der Waals surface area contributed by atoms with Gasteiger partial charge in [-0.3, -0.25) is 14.9 Å². The maximum absolute atomic E-state index is 11.1. The number of nitro groups is 1. The van der Waals surface area contributed by atoms with Gasteiger partial charge in [0.25, 0.3) is 0 Å². The molecule has 0 radical (unpaired) electrons. The normalized spacial score (nSPS) is 10.3. The maximum Gasteiger partial charge on any atom is 0.311 e. The second kappa shape index (κ2) is 5.12. The number of hydrogen-bond donors (Lipinski definition) is 0. The van der Waals surface area contributed by atoms with Gasteiger partial charge in [0.05, 0.1) is 16.2 Å². The highest BCUT2D eigenvalue weighted by molar-refractivity contribution is 5.80. The van der Waals surface area contributed by atoms with Crippen molar-refractivity contribution < 1.29 is 14.5 Å². The van der Waals surface area contributed by atoms with Gasteiger partial charge in [0.15, 0.2) is 6.29 Å². The third-order valence-electron chi connectivity index (χ3n) is 2.85. The van der Waals surface area contributed by atoms with Crippen LogP contribution in [-0.4, -0.2) is 21.0 Å². The van der Waals surface area contributed by atoms with Gasteiger partial charge in [-0.25, -0.2) is 4.68 Å². The molecule has 1 aromatic heterocycles. The standard InChI is InChI=1S/C13H13N3O4/c1-8-4-5-11(16(18)19)12(6-8)20-13-10(7-17)9(2)14-15(13)3/h4-7H,1-3H3.